The molecule has 0 fully saturated rings. The Morgan fingerprint density at radius 3 is 2.21 bits per heavy atom. The fraction of sp³-hybridized carbons (Fsp3) is 0.647. The second-order valence-electron chi connectivity index (χ2n) is 5.07. The number of ether oxygens (including phenoxy) is 1. The van der Waals surface area contributed by atoms with Crippen molar-refractivity contribution in [2.45, 2.75) is 58.8 Å². The Bertz CT molecular complexity index is 308. The molecule has 0 aliphatic heterocycles. The highest BCUT2D eigenvalue weighted by atomic mass is 16.5. The van der Waals surface area contributed by atoms with E-state index in [9.17, 15) is 0 Å². The zero-order chi connectivity index (χ0) is 13.8. The van der Waals surface area contributed by atoms with Gasteiger partial charge < -0.3 is 10.1 Å². The third-order valence-corrected chi connectivity index (χ3v) is 3.19. The van der Waals surface area contributed by atoms with Crippen molar-refractivity contribution in [3.05, 3.63) is 24.3 Å². The van der Waals surface area contributed by atoms with Gasteiger partial charge in [0.2, 0.25) is 0 Å². The number of nitrogens with one attached hydrogen (secondary N) is 1. The second-order valence-corrected chi connectivity index (χ2v) is 5.07. The zero-order valence-corrected chi connectivity index (χ0v) is 12.6. The Labute approximate surface area is 118 Å². The van der Waals surface area contributed by atoms with Gasteiger partial charge in [-0.15, -0.1) is 0 Å². The molecule has 0 bridgehead atoms. The maximum Gasteiger partial charge on any atom is 0.119 e. The molecule has 0 radical (unpaired) electrons. The highest BCUT2D eigenvalue weighted by Gasteiger charge is 1.95. The zero-order valence-electron chi connectivity index (χ0n) is 12.6. The molecule has 1 N–H and O–H groups in total. The smallest absolute Gasteiger partial charge is 0.119 e. The van der Waals surface area contributed by atoms with Crippen LogP contribution in [0.15, 0.2) is 24.3 Å². The maximum atomic E-state index is 5.56. The highest BCUT2D eigenvalue weighted by molar-refractivity contribution is 5.46. The van der Waals surface area contributed by atoms with Crippen molar-refractivity contribution >= 4 is 5.69 Å². The third-order valence-electron chi connectivity index (χ3n) is 3.19. The standard InChI is InChI=1S/C17H29NO/c1-3-5-6-7-8-9-14-18-16-10-12-17(13-11-16)19-15-4-2/h10-13,18H,3-9,14-15H2,1-2H3. The van der Waals surface area contributed by atoms with Gasteiger partial charge in [0.25, 0.3) is 0 Å². The second kappa shape index (κ2) is 10.7. The van der Waals surface area contributed by atoms with Crippen molar-refractivity contribution in [1.29, 1.82) is 0 Å². The van der Waals surface area contributed by atoms with Crippen LogP contribution in [0.4, 0.5) is 5.69 Å². The Kier molecular flexibility index (Phi) is 8.95. The van der Waals surface area contributed by atoms with Crippen LogP contribution in [0.3, 0.4) is 0 Å². The van der Waals surface area contributed by atoms with Crippen molar-refractivity contribution < 1.29 is 4.74 Å². The lowest BCUT2D eigenvalue weighted by molar-refractivity contribution is 0.317. The molecule has 2 heteroatoms. The first-order valence-corrected chi connectivity index (χ1v) is 7.83. The van der Waals surface area contributed by atoms with Crippen molar-refractivity contribution in [2.24, 2.45) is 0 Å². The molecule has 1 rings (SSSR count). The van der Waals surface area contributed by atoms with Crippen LogP contribution in [-0.2, 0) is 0 Å². The Hall–Kier alpha value is -1.18. The molecule has 0 saturated heterocycles. The first kappa shape index (κ1) is 15.9. The summed E-state index contributed by atoms with van der Waals surface area (Å²) in [6, 6.07) is 8.28. The lowest BCUT2D eigenvalue weighted by Gasteiger charge is -2.08. The molecule has 0 aromatic heterocycles. The normalized spacial score (nSPS) is 10.4. The Balaban J connectivity index is 2.09. The van der Waals surface area contributed by atoms with E-state index in [0.29, 0.717) is 0 Å². The molecule has 1 aromatic carbocycles. The summed E-state index contributed by atoms with van der Waals surface area (Å²) in [6.45, 7) is 6.25. The van der Waals surface area contributed by atoms with Gasteiger partial charge in [-0.25, -0.2) is 0 Å². The van der Waals surface area contributed by atoms with E-state index in [-0.39, 0.29) is 0 Å². The Morgan fingerprint density at radius 1 is 0.842 bits per heavy atom. The van der Waals surface area contributed by atoms with Crippen molar-refractivity contribution in [2.75, 3.05) is 18.5 Å². The van der Waals surface area contributed by atoms with E-state index in [1.54, 1.807) is 0 Å². The molecule has 0 aliphatic carbocycles. The highest BCUT2D eigenvalue weighted by Crippen LogP contribution is 2.16. The van der Waals surface area contributed by atoms with Crippen molar-refractivity contribution in [3.63, 3.8) is 0 Å². The summed E-state index contributed by atoms with van der Waals surface area (Å²) in [5, 5.41) is 3.46. The molecule has 0 unspecified atom stereocenters. The molecular formula is C17H29NO. The summed E-state index contributed by atoms with van der Waals surface area (Å²) in [4.78, 5) is 0. The number of hydrogen-bond acceptors (Lipinski definition) is 2. The van der Waals surface area contributed by atoms with E-state index in [2.05, 4.69) is 31.3 Å². The molecule has 0 aliphatic rings. The van der Waals surface area contributed by atoms with E-state index >= 15 is 0 Å². The lowest BCUT2D eigenvalue weighted by Crippen LogP contribution is -2.01. The van der Waals surface area contributed by atoms with Crippen LogP contribution >= 0.6 is 0 Å². The molecule has 0 atom stereocenters. The predicted molar refractivity (Wildman–Crippen MR) is 84.1 cm³/mol. The van der Waals surface area contributed by atoms with Crippen LogP contribution in [0, 0.1) is 0 Å². The molecule has 0 saturated carbocycles. The van der Waals surface area contributed by atoms with Crippen LogP contribution < -0.4 is 10.1 Å². The third kappa shape index (κ3) is 7.76. The average Bonchev–Trinajstić information content (AvgIpc) is 2.45. The van der Waals surface area contributed by atoms with Crippen molar-refractivity contribution in [1.82, 2.24) is 0 Å². The number of anilines is 1. The SMILES string of the molecule is CCCCCCCCNc1ccc(OCCC)cc1. The molecule has 0 spiro atoms. The predicted octanol–water partition coefficient (Wildman–Crippen LogP) is 5.25. The van der Waals surface area contributed by atoms with E-state index in [0.717, 1.165) is 25.3 Å². The van der Waals surface area contributed by atoms with Crippen LogP contribution in [0.5, 0.6) is 5.75 Å². The summed E-state index contributed by atoms with van der Waals surface area (Å²) >= 11 is 0. The van der Waals surface area contributed by atoms with Gasteiger partial charge in [0, 0.05) is 12.2 Å². The molecule has 2 nitrogen and oxygen atoms in total. The van der Waals surface area contributed by atoms with E-state index in [4.69, 9.17) is 4.74 Å². The first-order valence-electron chi connectivity index (χ1n) is 7.83. The molecular weight excluding hydrogens is 234 g/mol. The monoisotopic (exact) mass is 263 g/mol. The van der Waals surface area contributed by atoms with E-state index in [1.807, 2.05) is 12.1 Å². The van der Waals surface area contributed by atoms with Crippen LogP contribution in [-0.4, -0.2) is 13.2 Å². The van der Waals surface area contributed by atoms with Crippen LogP contribution in [0.2, 0.25) is 0 Å². The summed E-state index contributed by atoms with van der Waals surface area (Å²) in [5.74, 6) is 0.965. The minimum Gasteiger partial charge on any atom is -0.494 e. The molecule has 19 heavy (non-hydrogen) atoms. The van der Waals surface area contributed by atoms with Crippen LogP contribution in [0.25, 0.3) is 0 Å². The Morgan fingerprint density at radius 2 is 1.53 bits per heavy atom. The molecule has 0 amide bonds. The lowest BCUT2D eigenvalue weighted by atomic mass is 10.1. The summed E-state index contributed by atoms with van der Waals surface area (Å²) in [5.41, 5.74) is 1.19. The summed E-state index contributed by atoms with van der Waals surface area (Å²) in [7, 11) is 0. The fourth-order valence-corrected chi connectivity index (χ4v) is 2.03. The average molecular weight is 263 g/mol. The summed E-state index contributed by atoms with van der Waals surface area (Å²) < 4.78 is 5.56. The first-order chi connectivity index (χ1) is 9.36. The van der Waals surface area contributed by atoms with Crippen LogP contribution in [0.1, 0.15) is 58.8 Å². The molecule has 0 heterocycles. The van der Waals surface area contributed by atoms with Gasteiger partial charge in [-0.3, -0.25) is 0 Å². The largest absolute Gasteiger partial charge is 0.494 e. The van der Waals surface area contributed by atoms with E-state index < -0.39 is 0 Å². The number of unbranched alkanes of at least 4 members (excludes halogenated alkanes) is 5. The van der Waals surface area contributed by atoms with E-state index in [1.165, 1.54) is 44.2 Å². The minimum absolute atomic E-state index is 0.796. The van der Waals surface area contributed by atoms with Gasteiger partial charge in [0.1, 0.15) is 5.75 Å². The fourth-order valence-electron chi connectivity index (χ4n) is 2.03. The summed E-state index contributed by atoms with van der Waals surface area (Å²) in [6.07, 6.45) is 9.12. The van der Waals surface area contributed by atoms with Gasteiger partial charge in [-0.05, 0) is 37.1 Å². The van der Waals surface area contributed by atoms with Crippen molar-refractivity contribution in [3.8, 4) is 5.75 Å². The van der Waals surface area contributed by atoms with Gasteiger partial charge in [-0.2, -0.15) is 0 Å². The minimum atomic E-state index is 0.796. The number of rotatable bonds is 11. The van der Waals surface area contributed by atoms with Gasteiger partial charge in [-0.1, -0.05) is 46.0 Å². The van der Waals surface area contributed by atoms with Gasteiger partial charge in [0.05, 0.1) is 6.61 Å². The molecule has 1 aromatic rings. The topological polar surface area (TPSA) is 21.3 Å². The van der Waals surface area contributed by atoms with Gasteiger partial charge in [0.15, 0.2) is 0 Å². The molecule has 108 valence electrons. The quantitative estimate of drug-likeness (QED) is 0.551. The van der Waals surface area contributed by atoms with Gasteiger partial charge >= 0.3 is 0 Å². The number of benzene rings is 1. The maximum absolute atomic E-state index is 5.56. The number of hydrogen-bond donors (Lipinski definition) is 1.